The summed E-state index contributed by atoms with van der Waals surface area (Å²) in [5.74, 6) is 0.312. The van der Waals surface area contributed by atoms with E-state index < -0.39 is 0 Å². The fourth-order valence-corrected chi connectivity index (χ4v) is 3.51. The van der Waals surface area contributed by atoms with Crippen LogP contribution in [0.2, 0.25) is 0 Å². The highest BCUT2D eigenvalue weighted by Crippen LogP contribution is 2.14. The lowest BCUT2D eigenvalue weighted by atomic mass is 10.0. The van der Waals surface area contributed by atoms with Gasteiger partial charge in [0.15, 0.2) is 0 Å². The van der Waals surface area contributed by atoms with Crippen LogP contribution in [-0.4, -0.2) is 55.7 Å². The van der Waals surface area contributed by atoms with E-state index in [0.29, 0.717) is 29.4 Å². The predicted molar refractivity (Wildman–Crippen MR) is 119 cm³/mol. The topological polar surface area (TPSA) is 82.7 Å². The van der Waals surface area contributed by atoms with Gasteiger partial charge in [-0.2, -0.15) is 0 Å². The molecule has 1 saturated heterocycles. The van der Waals surface area contributed by atoms with Gasteiger partial charge in [0.1, 0.15) is 0 Å². The summed E-state index contributed by atoms with van der Waals surface area (Å²) in [5, 5.41) is 8.57. The highest BCUT2D eigenvalue weighted by atomic mass is 16.5. The second-order valence-corrected chi connectivity index (χ2v) is 7.69. The number of carbonyl (C=O) groups is 2. The second kappa shape index (κ2) is 10.8. The summed E-state index contributed by atoms with van der Waals surface area (Å²) in [7, 11) is 0. The Hall–Kier alpha value is -2.90. The smallest absolute Gasteiger partial charge is 0.323 e. The summed E-state index contributed by atoms with van der Waals surface area (Å²) in [6.07, 6.45) is 0. The van der Waals surface area contributed by atoms with Crippen molar-refractivity contribution in [2.75, 3.05) is 43.5 Å². The van der Waals surface area contributed by atoms with E-state index in [1.165, 1.54) is 0 Å². The Bertz CT molecular complexity index is 818. The Labute approximate surface area is 177 Å². The van der Waals surface area contributed by atoms with E-state index in [0.717, 1.165) is 26.3 Å². The minimum Gasteiger partial charge on any atom is -0.379 e. The first-order valence-electron chi connectivity index (χ1n) is 10.4. The Morgan fingerprint density at radius 2 is 1.53 bits per heavy atom. The Kier molecular flexibility index (Phi) is 7.82. The number of para-hydroxylation sites is 1. The highest BCUT2D eigenvalue weighted by Gasteiger charge is 2.24. The number of benzene rings is 2. The Morgan fingerprint density at radius 1 is 0.933 bits per heavy atom. The van der Waals surface area contributed by atoms with Gasteiger partial charge in [0.25, 0.3) is 5.91 Å². The van der Waals surface area contributed by atoms with Gasteiger partial charge >= 0.3 is 6.03 Å². The molecule has 3 rings (SSSR count). The zero-order chi connectivity index (χ0) is 21.3. The van der Waals surface area contributed by atoms with Gasteiger partial charge in [-0.1, -0.05) is 32.0 Å². The van der Waals surface area contributed by atoms with E-state index in [1.54, 1.807) is 24.3 Å². The van der Waals surface area contributed by atoms with E-state index in [4.69, 9.17) is 4.74 Å². The molecule has 0 aliphatic carbocycles. The molecule has 0 radical (unpaired) electrons. The molecule has 3 N–H and O–H groups in total. The van der Waals surface area contributed by atoms with Crippen molar-refractivity contribution in [3.63, 3.8) is 0 Å². The number of nitrogens with zero attached hydrogens (tertiary/aromatic N) is 1. The molecule has 1 heterocycles. The van der Waals surface area contributed by atoms with Crippen LogP contribution in [-0.2, 0) is 4.74 Å². The van der Waals surface area contributed by atoms with E-state index in [1.807, 2.05) is 30.3 Å². The summed E-state index contributed by atoms with van der Waals surface area (Å²) >= 11 is 0. The minimum atomic E-state index is -0.330. The molecule has 1 aliphatic rings. The summed E-state index contributed by atoms with van der Waals surface area (Å²) < 4.78 is 5.43. The fraction of sp³-hybridized carbons (Fsp3) is 0.391. The number of urea groups is 1. The molecule has 1 fully saturated rings. The molecule has 0 saturated carbocycles. The van der Waals surface area contributed by atoms with Crippen molar-refractivity contribution < 1.29 is 14.3 Å². The molecule has 2 aromatic rings. The molecule has 1 aliphatic heterocycles. The van der Waals surface area contributed by atoms with Crippen LogP contribution >= 0.6 is 0 Å². The number of morpholine rings is 1. The van der Waals surface area contributed by atoms with Crippen LogP contribution in [0, 0.1) is 5.92 Å². The standard InChI is InChI=1S/C23H30N4O3/c1-17(2)21(27-12-14-30-15-13-27)16-24-22(28)18-8-10-20(11-9-18)26-23(29)25-19-6-4-3-5-7-19/h3-11,17,21H,12-16H2,1-2H3,(H,24,28)(H2,25,26,29)/t21-/m1/s1. The molecule has 7 heteroatoms. The van der Waals surface area contributed by atoms with Crippen molar-refractivity contribution >= 4 is 23.3 Å². The maximum absolute atomic E-state index is 12.6. The van der Waals surface area contributed by atoms with Gasteiger partial charge in [-0.3, -0.25) is 9.69 Å². The average Bonchev–Trinajstić information content (AvgIpc) is 2.75. The average molecular weight is 411 g/mol. The van der Waals surface area contributed by atoms with Gasteiger partial charge in [0, 0.05) is 42.6 Å². The third kappa shape index (κ3) is 6.30. The first-order chi connectivity index (χ1) is 14.5. The van der Waals surface area contributed by atoms with Crippen molar-refractivity contribution in [2.24, 2.45) is 5.92 Å². The number of hydrogen-bond donors (Lipinski definition) is 3. The quantitative estimate of drug-likeness (QED) is 0.653. The lowest BCUT2D eigenvalue weighted by molar-refractivity contribution is 0.00673. The number of hydrogen-bond acceptors (Lipinski definition) is 4. The van der Waals surface area contributed by atoms with Crippen molar-refractivity contribution in [3.05, 3.63) is 60.2 Å². The number of amides is 3. The summed E-state index contributed by atoms with van der Waals surface area (Å²) in [4.78, 5) is 27.0. The lowest BCUT2D eigenvalue weighted by Gasteiger charge is -2.36. The van der Waals surface area contributed by atoms with Crippen LogP contribution in [0.4, 0.5) is 16.2 Å². The molecular weight excluding hydrogens is 380 g/mol. The molecule has 7 nitrogen and oxygen atoms in total. The van der Waals surface area contributed by atoms with E-state index in [9.17, 15) is 9.59 Å². The SMILES string of the molecule is CC(C)[C@@H](CNC(=O)c1ccc(NC(=O)Nc2ccccc2)cc1)N1CCOCC1. The summed E-state index contributed by atoms with van der Waals surface area (Å²) in [5.41, 5.74) is 1.90. The van der Waals surface area contributed by atoms with Crippen LogP contribution in [0.5, 0.6) is 0 Å². The fourth-order valence-electron chi connectivity index (χ4n) is 3.51. The van der Waals surface area contributed by atoms with Crippen molar-refractivity contribution in [1.29, 1.82) is 0 Å². The Balaban J connectivity index is 1.51. The van der Waals surface area contributed by atoms with E-state index >= 15 is 0 Å². The van der Waals surface area contributed by atoms with Gasteiger partial charge in [-0.15, -0.1) is 0 Å². The van der Waals surface area contributed by atoms with Gasteiger partial charge in [0.05, 0.1) is 13.2 Å². The van der Waals surface area contributed by atoms with Gasteiger partial charge in [-0.25, -0.2) is 4.79 Å². The molecule has 0 spiro atoms. The monoisotopic (exact) mass is 410 g/mol. The first kappa shape index (κ1) is 21.8. The molecule has 2 aromatic carbocycles. The van der Waals surface area contributed by atoms with Crippen molar-refractivity contribution in [3.8, 4) is 0 Å². The largest absolute Gasteiger partial charge is 0.379 e. The third-order valence-corrected chi connectivity index (χ3v) is 5.19. The zero-order valence-corrected chi connectivity index (χ0v) is 17.6. The van der Waals surface area contributed by atoms with Crippen LogP contribution in [0.25, 0.3) is 0 Å². The number of anilines is 2. The molecule has 1 atom stereocenters. The van der Waals surface area contributed by atoms with Gasteiger partial charge in [0.2, 0.25) is 0 Å². The molecule has 3 amide bonds. The van der Waals surface area contributed by atoms with Crippen LogP contribution in [0.3, 0.4) is 0 Å². The molecule has 160 valence electrons. The highest BCUT2D eigenvalue weighted by molar-refractivity contribution is 6.00. The normalized spacial score (nSPS) is 15.4. The van der Waals surface area contributed by atoms with Crippen LogP contribution < -0.4 is 16.0 Å². The van der Waals surface area contributed by atoms with Crippen LogP contribution in [0.1, 0.15) is 24.2 Å². The maximum Gasteiger partial charge on any atom is 0.323 e. The summed E-state index contributed by atoms with van der Waals surface area (Å²) in [6, 6.07) is 16.0. The third-order valence-electron chi connectivity index (χ3n) is 5.19. The molecule has 0 bridgehead atoms. The summed E-state index contributed by atoms with van der Waals surface area (Å²) in [6.45, 7) is 8.21. The number of carbonyl (C=O) groups excluding carboxylic acids is 2. The Morgan fingerprint density at radius 3 is 2.13 bits per heavy atom. The van der Waals surface area contributed by atoms with Gasteiger partial charge in [-0.05, 0) is 42.3 Å². The molecular formula is C23H30N4O3. The zero-order valence-electron chi connectivity index (χ0n) is 17.6. The predicted octanol–water partition coefficient (Wildman–Crippen LogP) is 3.42. The van der Waals surface area contributed by atoms with Crippen molar-refractivity contribution in [2.45, 2.75) is 19.9 Å². The molecule has 0 aromatic heterocycles. The van der Waals surface area contributed by atoms with Crippen molar-refractivity contribution in [1.82, 2.24) is 10.2 Å². The van der Waals surface area contributed by atoms with Crippen LogP contribution in [0.15, 0.2) is 54.6 Å². The minimum absolute atomic E-state index is 0.116. The van der Waals surface area contributed by atoms with E-state index in [2.05, 4.69) is 34.7 Å². The first-order valence-corrected chi connectivity index (χ1v) is 10.4. The maximum atomic E-state index is 12.6. The molecule has 0 unspecified atom stereocenters. The second-order valence-electron chi connectivity index (χ2n) is 7.69. The molecule has 30 heavy (non-hydrogen) atoms. The number of nitrogens with one attached hydrogen (secondary N) is 3. The number of ether oxygens (including phenoxy) is 1. The van der Waals surface area contributed by atoms with Gasteiger partial charge < -0.3 is 20.7 Å². The number of rotatable bonds is 7. The lowest BCUT2D eigenvalue weighted by Crippen LogP contribution is -2.51. The van der Waals surface area contributed by atoms with E-state index in [-0.39, 0.29) is 18.0 Å².